The van der Waals surface area contributed by atoms with Gasteiger partial charge in [0.05, 0.1) is 0 Å². The van der Waals surface area contributed by atoms with E-state index in [1.54, 1.807) is 0 Å². The summed E-state index contributed by atoms with van der Waals surface area (Å²) in [6.07, 6.45) is 71.7. The molecule has 6 heteroatoms. The van der Waals surface area contributed by atoms with Crippen LogP contribution in [-0.4, -0.2) is 37.2 Å². The normalized spacial score (nSPS) is 12.6. The quantitative estimate of drug-likeness (QED) is 0.0262. The molecule has 0 heterocycles. The van der Waals surface area contributed by atoms with Crippen LogP contribution in [0.5, 0.6) is 0 Å². The zero-order valence-electron chi connectivity index (χ0n) is 44.9. The molecular formula is C62H108O6. The van der Waals surface area contributed by atoms with E-state index >= 15 is 0 Å². The first kappa shape index (κ1) is 64.8. The molecule has 0 aromatic heterocycles. The minimum Gasteiger partial charge on any atom is -0.462 e. The highest BCUT2D eigenvalue weighted by atomic mass is 16.6. The number of carbonyl (C=O) groups excluding carboxylic acids is 3. The van der Waals surface area contributed by atoms with Crippen LogP contribution in [0.15, 0.2) is 72.9 Å². The Bertz CT molecular complexity index is 1270. The van der Waals surface area contributed by atoms with Crippen molar-refractivity contribution in [1.29, 1.82) is 0 Å². The van der Waals surface area contributed by atoms with Crippen molar-refractivity contribution in [3.63, 3.8) is 0 Å². The van der Waals surface area contributed by atoms with Gasteiger partial charge in [-0.05, 0) is 109 Å². The number of hydrogen-bond acceptors (Lipinski definition) is 6. The molecule has 0 aromatic carbocycles. The van der Waals surface area contributed by atoms with Gasteiger partial charge in [-0.15, -0.1) is 0 Å². The van der Waals surface area contributed by atoms with Crippen LogP contribution in [0.2, 0.25) is 0 Å². The summed E-state index contributed by atoms with van der Waals surface area (Å²) < 4.78 is 16.9. The molecule has 0 bridgehead atoms. The Hall–Kier alpha value is -3.15. The van der Waals surface area contributed by atoms with Gasteiger partial charge in [-0.1, -0.05) is 229 Å². The Morgan fingerprint density at radius 1 is 0.309 bits per heavy atom. The lowest BCUT2D eigenvalue weighted by Crippen LogP contribution is -2.30. The first-order chi connectivity index (χ1) is 33.5. The molecule has 0 amide bonds. The minimum absolute atomic E-state index is 0.0856. The molecule has 0 spiro atoms. The standard InChI is InChI=1S/C62H108O6/c1-4-7-10-13-16-19-22-25-28-31-34-37-40-43-46-49-52-55-61(64)67-58-59(57-66-60(63)54-51-48-45-42-39-36-33-30-27-24-21-18-15-12-9-6-3)68-62(65)56-53-50-47-44-41-38-35-32-29-26-23-20-17-14-11-8-5-2/h7,10,16-17,19-20,25-26,28-30,33,59H,4-6,8-9,11-15,18,21-24,27,31-32,34-58H2,1-3H3/b10-7-,19-16-,20-17-,28-25-,29-26-,33-30-. The van der Waals surface area contributed by atoms with Crippen LogP contribution in [0, 0.1) is 0 Å². The van der Waals surface area contributed by atoms with E-state index < -0.39 is 6.10 Å². The molecule has 0 radical (unpaired) electrons. The first-order valence-corrected chi connectivity index (χ1v) is 28.9. The molecule has 0 fully saturated rings. The average molecular weight is 950 g/mol. The van der Waals surface area contributed by atoms with Crippen molar-refractivity contribution in [2.24, 2.45) is 0 Å². The van der Waals surface area contributed by atoms with E-state index in [4.69, 9.17) is 14.2 Å². The Morgan fingerprint density at radius 2 is 0.574 bits per heavy atom. The number of unbranched alkanes of at least 4 members (excludes halogenated alkanes) is 29. The number of ether oxygens (including phenoxy) is 3. The number of hydrogen-bond donors (Lipinski definition) is 0. The summed E-state index contributed by atoms with van der Waals surface area (Å²) in [4.78, 5) is 38.2. The summed E-state index contributed by atoms with van der Waals surface area (Å²) in [5.74, 6) is -0.902. The van der Waals surface area contributed by atoms with E-state index in [0.717, 1.165) is 103 Å². The summed E-state index contributed by atoms with van der Waals surface area (Å²) >= 11 is 0. The fourth-order valence-electron chi connectivity index (χ4n) is 8.07. The fourth-order valence-corrected chi connectivity index (χ4v) is 8.07. The molecule has 0 aliphatic rings. The van der Waals surface area contributed by atoms with E-state index in [-0.39, 0.29) is 31.1 Å². The zero-order valence-corrected chi connectivity index (χ0v) is 44.9. The molecule has 0 saturated heterocycles. The van der Waals surface area contributed by atoms with Crippen molar-refractivity contribution in [3.8, 4) is 0 Å². The summed E-state index contributed by atoms with van der Waals surface area (Å²) in [6, 6.07) is 0. The van der Waals surface area contributed by atoms with E-state index in [2.05, 4.69) is 93.7 Å². The molecule has 0 saturated carbocycles. The topological polar surface area (TPSA) is 78.9 Å². The van der Waals surface area contributed by atoms with E-state index in [9.17, 15) is 14.4 Å². The fraction of sp³-hybridized carbons (Fsp3) is 0.758. The molecule has 6 nitrogen and oxygen atoms in total. The molecule has 392 valence electrons. The highest BCUT2D eigenvalue weighted by Crippen LogP contribution is 2.15. The number of carbonyl (C=O) groups is 3. The predicted molar refractivity (Wildman–Crippen MR) is 293 cm³/mol. The third-order valence-electron chi connectivity index (χ3n) is 12.4. The van der Waals surface area contributed by atoms with E-state index in [0.29, 0.717) is 19.3 Å². The molecule has 1 atom stereocenters. The number of allylic oxidation sites excluding steroid dienone is 12. The lowest BCUT2D eigenvalue weighted by atomic mass is 10.1. The second-order valence-electron chi connectivity index (χ2n) is 19.2. The van der Waals surface area contributed by atoms with Crippen LogP contribution >= 0.6 is 0 Å². The van der Waals surface area contributed by atoms with Crippen molar-refractivity contribution in [1.82, 2.24) is 0 Å². The lowest BCUT2D eigenvalue weighted by Gasteiger charge is -2.18. The first-order valence-electron chi connectivity index (χ1n) is 28.9. The molecule has 68 heavy (non-hydrogen) atoms. The second-order valence-corrected chi connectivity index (χ2v) is 19.2. The van der Waals surface area contributed by atoms with Gasteiger partial charge in [0, 0.05) is 19.3 Å². The van der Waals surface area contributed by atoms with Gasteiger partial charge in [-0.3, -0.25) is 14.4 Å². The monoisotopic (exact) mass is 949 g/mol. The van der Waals surface area contributed by atoms with Crippen molar-refractivity contribution in [2.45, 2.75) is 290 Å². The van der Waals surface area contributed by atoms with Crippen LogP contribution < -0.4 is 0 Å². The summed E-state index contributed by atoms with van der Waals surface area (Å²) in [7, 11) is 0. The largest absolute Gasteiger partial charge is 0.462 e. The van der Waals surface area contributed by atoms with Gasteiger partial charge in [0.15, 0.2) is 6.10 Å². The molecule has 0 aromatic rings. The van der Waals surface area contributed by atoms with Crippen molar-refractivity contribution >= 4 is 17.9 Å². The molecule has 0 rings (SSSR count). The van der Waals surface area contributed by atoms with Crippen LogP contribution in [0.25, 0.3) is 0 Å². The Balaban J connectivity index is 4.42. The summed E-state index contributed by atoms with van der Waals surface area (Å²) in [5.41, 5.74) is 0. The SMILES string of the molecule is CC/C=C\C/C=C\C/C=C\CCCCCCCCCC(=O)OCC(COC(=O)CCCCCCC/C=C\CCCCCCCCC)OC(=O)CCCCCCCCC/C=C\C/C=C\CCCCC. The van der Waals surface area contributed by atoms with Crippen molar-refractivity contribution in [2.75, 3.05) is 13.2 Å². The van der Waals surface area contributed by atoms with Gasteiger partial charge in [-0.2, -0.15) is 0 Å². The van der Waals surface area contributed by atoms with Gasteiger partial charge in [0.1, 0.15) is 13.2 Å². The molecule has 0 N–H and O–H groups in total. The van der Waals surface area contributed by atoms with Gasteiger partial charge < -0.3 is 14.2 Å². The van der Waals surface area contributed by atoms with Crippen LogP contribution in [0.4, 0.5) is 0 Å². The summed E-state index contributed by atoms with van der Waals surface area (Å²) in [5, 5.41) is 0. The van der Waals surface area contributed by atoms with E-state index in [1.165, 1.54) is 141 Å². The maximum atomic E-state index is 12.9. The Morgan fingerprint density at radius 3 is 0.941 bits per heavy atom. The Kier molecular flexibility index (Phi) is 53.8. The minimum atomic E-state index is -0.788. The number of esters is 3. The van der Waals surface area contributed by atoms with Crippen LogP contribution in [0.1, 0.15) is 284 Å². The zero-order chi connectivity index (χ0) is 49.3. The van der Waals surface area contributed by atoms with E-state index in [1.807, 2.05) is 0 Å². The van der Waals surface area contributed by atoms with Gasteiger partial charge in [0.2, 0.25) is 0 Å². The maximum absolute atomic E-state index is 12.9. The second kappa shape index (κ2) is 56.4. The van der Waals surface area contributed by atoms with Crippen molar-refractivity contribution in [3.05, 3.63) is 72.9 Å². The molecule has 1 unspecified atom stereocenters. The van der Waals surface area contributed by atoms with Crippen LogP contribution in [-0.2, 0) is 28.6 Å². The predicted octanol–water partition coefficient (Wildman–Crippen LogP) is 19.4. The maximum Gasteiger partial charge on any atom is 0.306 e. The van der Waals surface area contributed by atoms with Gasteiger partial charge in [0.25, 0.3) is 0 Å². The van der Waals surface area contributed by atoms with Gasteiger partial charge >= 0.3 is 17.9 Å². The average Bonchev–Trinajstić information content (AvgIpc) is 3.34. The molecule has 0 aliphatic carbocycles. The third-order valence-corrected chi connectivity index (χ3v) is 12.4. The third kappa shape index (κ3) is 53.8. The van der Waals surface area contributed by atoms with Crippen molar-refractivity contribution < 1.29 is 28.6 Å². The molecule has 0 aliphatic heterocycles. The lowest BCUT2D eigenvalue weighted by molar-refractivity contribution is -0.167. The van der Waals surface area contributed by atoms with Crippen LogP contribution in [0.3, 0.4) is 0 Å². The highest BCUT2D eigenvalue weighted by Gasteiger charge is 2.19. The molecular weight excluding hydrogens is 841 g/mol. The van der Waals surface area contributed by atoms with Gasteiger partial charge in [-0.25, -0.2) is 0 Å². The number of rotatable bonds is 52. The highest BCUT2D eigenvalue weighted by molar-refractivity contribution is 5.71. The summed E-state index contributed by atoms with van der Waals surface area (Å²) in [6.45, 7) is 6.50. The smallest absolute Gasteiger partial charge is 0.306 e. The Labute approximate surface area is 421 Å².